The van der Waals surface area contributed by atoms with Crippen LogP contribution < -0.4 is 4.90 Å². The average Bonchev–Trinajstić information content (AvgIpc) is 1.25. The first-order valence-corrected chi connectivity index (χ1v) is 32.7. The first-order chi connectivity index (χ1) is 42.4. The summed E-state index contributed by atoms with van der Waals surface area (Å²) in [6.45, 7) is 41.9. The Balaban J connectivity index is 1.02. The lowest BCUT2D eigenvalue weighted by Gasteiger charge is -2.31. The van der Waals surface area contributed by atoms with Crippen LogP contribution in [0, 0.1) is 0 Å². The van der Waals surface area contributed by atoms with Gasteiger partial charge < -0.3 is 9.47 Å². The third-order valence-electron chi connectivity index (χ3n) is 19.2. The number of nitrogens with zero attached hydrogens (tertiary/aromatic N) is 2. The van der Waals surface area contributed by atoms with Crippen LogP contribution in [-0.2, 0) is 32.5 Å². The van der Waals surface area contributed by atoms with Crippen molar-refractivity contribution in [2.24, 2.45) is 0 Å². The molecule has 0 saturated carbocycles. The largest absolute Gasteiger partial charge is 0.310 e. The summed E-state index contributed by atoms with van der Waals surface area (Å²) < 4.78 is 2.54. The highest BCUT2D eigenvalue weighted by Gasteiger charge is 2.28. The minimum Gasteiger partial charge on any atom is -0.310 e. The topological polar surface area (TPSA) is 8.17 Å². The highest BCUT2D eigenvalue weighted by Crippen LogP contribution is 2.49. The van der Waals surface area contributed by atoms with E-state index in [0.29, 0.717) is 0 Å². The fourth-order valence-electron chi connectivity index (χ4n) is 13.5. The molecule has 2 heteroatoms. The van der Waals surface area contributed by atoms with Gasteiger partial charge in [-0.25, -0.2) is 0 Å². The molecular formula is C88H90N2. The van der Waals surface area contributed by atoms with Crippen LogP contribution in [0.2, 0.25) is 0 Å². The van der Waals surface area contributed by atoms with E-state index in [-0.39, 0.29) is 32.5 Å². The Bertz CT molecular complexity index is 4780. The quantitative estimate of drug-likeness (QED) is 0.138. The minimum absolute atomic E-state index is 0.00724. The van der Waals surface area contributed by atoms with E-state index >= 15 is 0 Å². The summed E-state index contributed by atoms with van der Waals surface area (Å²) in [7, 11) is 0. The minimum atomic E-state index is -0.160. The van der Waals surface area contributed by atoms with Gasteiger partial charge in [-0.15, -0.1) is 0 Å². The summed E-state index contributed by atoms with van der Waals surface area (Å²) in [5.74, 6) is 0. The van der Waals surface area contributed by atoms with Gasteiger partial charge >= 0.3 is 0 Å². The zero-order valence-electron chi connectivity index (χ0n) is 56.7. The Morgan fingerprint density at radius 1 is 0.244 bits per heavy atom. The molecule has 0 radical (unpaired) electrons. The number of aromatic nitrogens is 1. The Hall–Kier alpha value is -8.72. The Morgan fingerprint density at radius 2 is 0.622 bits per heavy atom. The van der Waals surface area contributed by atoms with Crippen molar-refractivity contribution in [3.8, 4) is 50.2 Å². The molecule has 0 spiro atoms. The molecule has 0 aliphatic rings. The molecule has 1 heterocycles. The molecule has 0 aliphatic carbocycles. The van der Waals surface area contributed by atoms with E-state index in [1.165, 1.54) is 138 Å². The SMILES string of the molecule is CC(C)(C)c1cc(-c2ccccc2)cc(-c2cc(N(c3ccc(-c4ccc(-c5cc(C(C)(C)C)cc(C(C)(C)C)c5)cc4)cc3)c3ccc4ccc5c(-n6c7ccc(C(C)(C)C)cc7c7cc(C(C)(C)C)ccc76)ccc6ccc3c4c65)cc(C(C)(C)C)c2)c1. The summed E-state index contributed by atoms with van der Waals surface area (Å²) >= 11 is 0. The average molecular weight is 1180 g/mol. The van der Waals surface area contributed by atoms with Crippen LogP contribution in [0.4, 0.5) is 17.1 Å². The molecule has 452 valence electrons. The molecule has 0 bridgehead atoms. The zero-order valence-corrected chi connectivity index (χ0v) is 56.7. The standard InChI is InChI=1S/C88H90N2/c1-83(2,3)65-34-42-79-75(53-65)76-54-66(84(4,5)6)35-43-80(76)90(79)78-41-33-60-30-38-73-77(40-32-59-31-39-74(78)82(60)81(59)73)89(71-36-28-57(29-37-71)56-24-26-58(27-25-56)63-47-68(86(10,11)12)51-69(48-63)87(13,14)15)72-50-64(49-70(52-72)88(16,17)18)62-44-61(55-22-20-19-21-23-55)45-67(46-62)85(7,8)9/h19-54H,1-18H3. The van der Waals surface area contributed by atoms with E-state index in [1.807, 2.05) is 0 Å². The normalized spacial score (nSPS) is 13.0. The van der Waals surface area contributed by atoms with E-state index in [2.05, 4.69) is 352 Å². The Morgan fingerprint density at radius 3 is 1.12 bits per heavy atom. The molecule has 0 aliphatic heterocycles. The third-order valence-corrected chi connectivity index (χ3v) is 19.2. The fraction of sp³-hybridized carbons (Fsp3) is 0.273. The van der Waals surface area contributed by atoms with Gasteiger partial charge in [-0.05, 0) is 199 Å². The van der Waals surface area contributed by atoms with Crippen LogP contribution in [0.15, 0.2) is 218 Å². The maximum Gasteiger partial charge on any atom is 0.0541 e. The third kappa shape index (κ3) is 11.1. The second-order valence-electron chi connectivity index (χ2n) is 32.1. The number of hydrogen-bond acceptors (Lipinski definition) is 1. The van der Waals surface area contributed by atoms with Crippen molar-refractivity contribution >= 4 is 71.2 Å². The second-order valence-corrected chi connectivity index (χ2v) is 32.1. The molecule has 0 N–H and O–H groups in total. The molecular weight excluding hydrogens is 1080 g/mol. The summed E-state index contributed by atoms with van der Waals surface area (Å²) in [5.41, 5.74) is 24.6. The first-order valence-electron chi connectivity index (χ1n) is 32.7. The van der Waals surface area contributed by atoms with E-state index in [4.69, 9.17) is 0 Å². The highest BCUT2D eigenvalue weighted by atomic mass is 15.1. The van der Waals surface area contributed by atoms with E-state index in [9.17, 15) is 0 Å². The molecule has 0 amide bonds. The van der Waals surface area contributed by atoms with Crippen LogP contribution in [0.3, 0.4) is 0 Å². The van der Waals surface area contributed by atoms with Crippen LogP contribution in [0.5, 0.6) is 0 Å². The number of hydrogen-bond donors (Lipinski definition) is 0. The molecule has 90 heavy (non-hydrogen) atoms. The maximum atomic E-state index is 2.55. The van der Waals surface area contributed by atoms with E-state index < -0.39 is 0 Å². The summed E-state index contributed by atoms with van der Waals surface area (Å²) in [5, 5.41) is 10.1. The van der Waals surface area contributed by atoms with Gasteiger partial charge in [0.25, 0.3) is 0 Å². The van der Waals surface area contributed by atoms with Crippen molar-refractivity contribution in [2.75, 3.05) is 4.90 Å². The molecule has 13 rings (SSSR count). The summed E-state index contributed by atoms with van der Waals surface area (Å²) in [6.07, 6.45) is 0. The molecule has 0 atom stereocenters. The van der Waals surface area contributed by atoms with Crippen molar-refractivity contribution in [3.63, 3.8) is 0 Å². The molecule has 0 fully saturated rings. The molecule has 0 saturated heterocycles. The van der Waals surface area contributed by atoms with Crippen molar-refractivity contribution in [1.29, 1.82) is 0 Å². The highest BCUT2D eigenvalue weighted by molar-refractivity contribution is 6.27. The lowest BCUT2D eigenvalue weighted by Crippen LogP contribution is -2.16. The Kier molecular flexibility index (Phi) is 14.4. The van der Waals surface area contributed by atoms with Crippen LogP contribution in [0.25, 0.3) is 104 Å². The van der Waals surface area contributed by atoms with Crippen LogP contribution in [0.1, 0.15) is 158 Å². The Labute approximate surface area is 536 Å². The smallest absolute Gasteiger partial charge is 0.0541 e. The van der Waals surface area contributed by atoms with Gasteiger partial charge in [0.15, 0.2) is 0 Å². The van der Waals surface area contributed by atoms with E-state index in [0.717, 1.165) is 17.1 Å². The van der Waals surface area contributed by atoms with Gasteiger partial charge in [0.05, 0.1) is 22.4 Å². The summed E-state index contributed by atoms with van der Waals surface area (Å²) in [6, 6.07) is 84.6. The molecule has 1 aromatic heterocycles. The van der Waals surface area contributed by atoms with Crippen molar-refractivity contribution in [1.82, 2.24) is 4.57 Å². The summed E-state index contributed by atoms with van der Waals surface area (Å²) in [4.78, 5) is 2.55. The monoisotopic (exact) mass is 1170 g/mol. The number of benzene rings is 12. The zero-order chi connectivity index (χ0) is 63.8. The van der Waals surface area contributed by atoms with Gasteiger partial charge in [-0.1, -0.05) is 276 Å². The maximum absolute atomic E-state index is 2.55. The van der Waals surface area contributed by atoms with Gasteiger partial charge in [-0.2, -0.15) is 0 Å². The lowest BCUT2D eigenvalue weighted by atomic mass is 9.79. The van der Waals surface area contributed by atoms with Crippen molar-refractivity contribution in [2.45, 2.75) is 157 Å². The fourth-order valence-corrected chi connectivity index (χ4v) is 13.5. The predicted molar refractivity (Wildman–Crippen MR) is 393 cm³/mol. The number of anilines is 3. The van der Waals surface area contributed by atoms with Crippen molar-refractivity contribution < 1.29 is 0 Å². The van der Waals surface area contributed by atoms with Gasteiger partial charge in [0.1, 0.15) is 0 Å². The number of rotatable bonds is 8. The predicted octanol–water partition coefficient (Wildman–Crippen LogP) is 25.6. The lowest BCUT2D eigenvalue weighted by molar-refractivity contribution is 0.569. The number of fused-ring (bicyclic) bond motifs is 3. The molecule has 2 nitrogen and oxygen atoms in total. The van der Waals surface area contributed by atoms with Gasteiger partial charge in [0.2, 0.25) is 0 Å². The second kappa shape index (κ2) is 21.5. The first kappa shape index (κ1) is 60.2. The molecule has 0 unspecified atom stereocenters. The molecule has 12 aromatic carbocycles. The van der Waals surface area contributed by atoms with E-state index in [1.54, 1.807) is 0 Å². The van der Waals surface area contributed by atoms with Crippen molar-refractivity contribution in [3.05, 3.63) is 252 Å². The van der Waals surface area contributed by atoms with Gasteiger partial charge in [-0.3, -0.25) is 0 Å². The van der Waals surface area contributed by atoms with Gasteiger partial charge in [0, 0.05) is 32.9 Å². The van der Waals surface area contributed by atoms with Crippen LogP contribution >= 0.6 is 0 Å². The van der Waals surface area contributed by atoms with Crippen LogP contribution in [-0.4, -0.2) is 4.57 Å². The molecule has 13 aromatic rings.